The van der Waals surface area contributed by atoms with Gasteiger partial charge in [0, 0.05) is 24.2 Å². The van der Waals surface area contributed by atoms with Crippen LogP contribution < -0.4 is 14.8 Å². The van der Waals surface area contributed by atoms with Gasteiger partial charge in [-0.05, 0) is 31.2 Å². The van der Waals surface area contributed by atoms with Gasteiger partial charge in [0.15, 0.2) is 5.78 Å². The van der Waals surface area contributed by atoms with Gasteiger partial charge in [0.25, 0.3) is 0 Å². The highest BCUT2D eigenvalue weighted by Gasteiger charge is 2.12. The molecule has 0 saturated carbocycles. The van der Waals surface area contributed by atoms with Crippen molar-refractivity contribution in [2.75, 3.05) is 18.5 Å². The lowest BCUT2D eigenvalue weighted by Crippen LogP contribution is -2.24. The Bertz CT molecular complexity index is 1020. The Labute approximate surface area is 164 Å². The van der Waals surface area contributed by atoms with Crippen molar-refractivity contribution < 1.29 is 22.7 Å². The number of ether oxygens (including phenoxy) is 1. The molecule has 0 spiro atoms. The van der Waals surface area contributed by atoms with Crippen LogP contribution in [0, 0.1) is 11.8 Å². The summed E-state index contributed by atoms with van der Waals surface area (Å²) in [5.41, 5.74) is 1.06. The van der Waals surface area contributed by atoms with E-state index in [0.29, 0.717) is 17.0 Å². The van der Waals surface area contributed by atoms with E-state index in [1.807, 2.05) is 0 Å². The van der Waals surface area contributed by atoms with E-state index < -0.39 is 10.0 Å². The highest BCUT2D eigenvalue weighted by Crippen LogP contribution is 2.17. The minimum absolute atomic E-state index is 0.0605. The topological polar surface area (TPSA) is 102 Å². The van der Waals surface area contributed by atoms with Gasteiger partial charge >= 0.3 is 0 Å². The third kappa shape index (κ3) is 6.54. The molecule has 8 heteroatoms. The number of ketones is 1. The van der Waals surface area contributed by atoms with Crippen LogP contribution in [0.25, 0.3) is 0 Å². The number of sulfonamides is 1. The zero-order chi connectivity index (χ0) is 20.6. The Morgan fingerprint density at radius 2 is 1.75 bits per heavy atom. The van der Waals surface area contributed by atoms with E-state index in [9.17, 15) is 18.0 Å². The molecule has 2 aromatic rings. The first-order chi connectivity index (χ1) is 13.3. The van der Waals surface area contributed by atoms with Gasteiger partial charge < -0.3 is 10.1 Å². The monoisotopic (exact) mass is 400 g/mol. The van der Waals surface area contributed by atoms with Gasteiger partial charge in [-0.25, -0.2) is 8.42 Å². The first-order valence-corrected chi connectivity index (χ1v) is 9.83. The van der Waals surface area contributed by atoms with Crippen LogP contribution >= 0.6 is 0 Å². The Hall–Kier alpha value is -3.15. The lowest BCUT2D eigenvalue weighted by molar-refractivity contribution is -0.114. The number of anilines is 1. The molecule has 0 fully saturated rings. The maximum Gasteiger partial charge on any atom is 0.241 e. The van der Waals surface area contributed by atoms with Crippen LogP contribution in [0.4, 0.5) is 5.69 Å². The molecule has 0 aliphatic rings. The van der Waals surface area contributed by atoms with Gasteiger partial charge in [0.2, 0.25) is 15.9 Å². The number of Topliss-reactive ketones (excluding diaryl/α,β-unsaturated/α-hetero) is 1. The van der Waals surface area contributed by atoms with Crippen molar-refractivity contribution in [2.45, 2.75) is 18.7 Å². The summed E-state index contributed by atoms with van der Waals surface area (Å²) in [4.78, 5) is 22.3. The SMILES string of the molecule is CC(=O)Nc1cccc(OCC#CCNS(=O)(=O)c2ccc(C(C)=O)cc2)c1. The van der Waals surface area contributed by atoms with Crippen LogP contribution in [0.2, 0.25) is 0 Å². The fourth-order valence-electron chi connectivity index (χ4n) is 2.18. The summed E-state index contributed by atoms with van der Waals surface area (Å²) in [5, 5.41) is 2.65. The molecule has 0 aromatic heterocycles. The highest BCUT2D eigenvalue weighted by atomic mass is 32.2. The Balaban J connectivity index is 1.84. The summed E-state index contributed by atoms with van der Waals surface area (Å²) in [6, 6.07) is 12.5. The van der Waals surface area contributed by atoms with E-state index in [1.54, 1.807) is 24.3 Å². The second-order valence-electron chi connectivity index (χ2n) is 5.76. The van der Waals surface area contributed by atoms with E-state index in [2.05, 4.69) is 21.9 Å². The maximum absolute atomic E-state index is 12.2. The van der Waals surface area contributed by atoms with Crippen LogP contribution in [0.1, 0.15) is 24.2 Å². The molecule has 1 amide bonds. The van der Waals surface area contributed by atoms with Gasteiger partial charge in [-0.3, -0.25) is 9.59 Å². The molecule has 0 heterocycles. The predicted octanol–water partition coefficient (Wildman–Crippen LogP) is 2.21. The van der Waals surface area contributed by atoms with E-state index in [0.717, 1.165) is 0 Å². The van der Waals surface area contributed by atoms with Gasteiger partial charge in [-0.1, -0.05) is 30.0 Å². The molecule has 28 heavy (non-hydrogen) atoms. The molecule has 0 aliphatic carbocycles. The lowest BCUT2D eigenvalue weighted by Gasteiger charge is -2.06. The molecule has 2 rings (SSSR count). The van der Waals surface area contributed by atoms with Crippen molar-refractivity contribution in [1.29, 1.82) is 0 Å². The number of rotatable bonds is 7. The molecular formula is C20H20N2O5S. The fraction of sp³-hybridized carbons (Fsp3) is 0.200. The number of carbonyl (C=O) groups excluding carboxylic acids is 2. The Kier molecular flexibility index (Phi) is 7.32. The molecular weight excluding hydrogens is 380 g/mol. The number of amides is 1. The number of hydrogen-bond acceptors (Lipinski definition) is 5. The van der Waals surface area contributed by atoms with Gasteiger partial charge in [-0.15, -0.1) is 0 Å². The zero-order valence-corrected chi connectivity index (χ0v) is 16.3. The van der Waals surface area contributed by atoms with Crippen molar-refractivity contribution in [3.8, 4) is 17.6 Å². The minimum atomic E-state index is -3.70. The summed E-state index contributed by atoms with van der Waals surface area (Å²) in [5.74, 6) is 5.60. The third-order valence-corrected chi connectivity index (χ3v) is 4.93. The summed E-state index contributed by atoms with van der Waals surface area (Å²) < 4.78 is 32.1. The van der Waals surface area contributed by atoms with Gasteiger partial charge in [0.1, 0.15) is 12.4 Å². The zero-order valence-electron chi connectivity index (χ0n) is 15.5. The van der Waals surface area contributed by atoms with Crippen LogP contribution in [-0.2, 0) is 14.8 Å². The standard InChI is InChI=1S/C20H20N2O5S/c1-15(23)17-8-10-20(11-9-17)28(25,26)21-12-3-4-13-27-19-7-5-6-18(14-19)22-16(2)24/h5-11,14,21H,12-13H2,1-2H3,(H,22,24). The molecule has 0 atom stereocenters. The largest absolute Gasteiger partial charge is 0.481 e. The quantitative estimate of drug-likeness (QED) is 0.548. The average Bonchev–Trinajstić information content (AvgIpc) is 2.64. The fourth-order valence-corrected chi connectivity index (χ4v) is 3.11. The van der Waals surface area contributed by atoms with E-state index in [1.165, 1.54) is 38.1 Å². The molecule has 0 radical (unpaired) electrons. The molecule has 146 valence electrons. The smallest absolute Gasteiger partial charge is 0.241 e. The van der Waals surface area contributed by atoms with E-state index in [-0.39, 0.29) is 29.7 Å². The van der Waals surface area contributed by atoms with Crippen LogP contribution in [-0.4, -0.2) is 33.3 Å². The van der Waals surface area contributed by atoms with Crippen LogP contribution in [0.15, 0.2) is 53.4 Å². The molecule has 7 nitrogen and oxygen atoms in total. The van der Waals surface area contributed by atoms with Crippen molar-refractivity contribution >= 4 is 27.4 Å². The van der Waals surface area contributed by atoms with E-state index in [4.69, 9.17) is 4.74 Å². The molecule has 0 aliphatic heterocycles. The number of hydrogen-bond donors (Lipinski definition) is 2. The molecule has 0 unspecified atom stereocenters. The Morgan fingerprint density at radius 1 is 1.04 bits per heavy atom. The summed E-state index contributed by atoms with van der Waals surface area (Å²) in [7, 11) is -3.70. The van der Waals surface area contributed by atoms with Gasteiger partial charge in [0.05, 0.1) is 11.4 Å². The van der Waals surface area contributed by atoms with E-state index >= 15 is 0 Å². The third-order valence-electron chi connectivity index (χ3n) is 3.51. The van der Waals surface area contributed by atoms with Crippen molar-refractivity contribution in [2.24, 2.45) is 0 Å². The average molecular weight is 400 g/mol. The summed E-state index contributed by atoms with van der Waals surface area (Å²) in [6.45, 7) is 2.82. The normalized spacial score (nSPS) is 10.5. The summed E-state index contributed by atoms with van der Waals surface area (Å²) >= 11 is 0. The van der Waals surface area contributed by atoms with Crippen molar-refractivity contribution in [3.05, 3.63) is 54.1 Å². The van der Waals surface area contributed by atoms with Gasteiger partial charge in [-0.2, -0.15) is 4.72 Å². The lowest BCUT2D eigenvalue weighted by atomic mass is 10.2. The second kappa shape index (κ2) is 9.69. The molecule has 2 aromatic carbocycles. The number of nitrogens with one attached hydrogen (secondary N) is 2. The molecule has 0 saturated heterocycles. The minimum Gasteiger partial charge on any atom is -0.481 e. The predicted molar refractivity (Wildman–Crippen MR) is 106 cm³/mol. The molecule has 0 bridgehead atoms. The first-order valence-electron chi connectivity index (χ1n) is 8.35. The van der Waals surface area contributed by atoms with Crippen molar-refractivity contribution in [1.82, 2.24) is 4.72 Å². The number of benzene rings is 2. The highest BCUT2D eigenvalue weighted by molar-refractivity contribution is 7.89. The Morgan fingerprint density at radius 3 is 2.39 bits per heavy atom. The first kappa shape index (κ1) is 21.2. The second-order valence-corrected chi connectivity index (χ2v) is 7.52. The van der Waals surface area contributed by atoms with Crippen LogP contribution in [0.3, 0.4) is 0 Å². The number of carbonyl (C=O) groups is 2. The van der Waals surface area contributed by atoms with Crippen LogP contribution in [0.5, 0.6) is 5.75 Å². The summed E-state index contributed by atoms with van der Waals surface area (Å²) in [6.07, 6.45) is 0. The molecule has 2 N–H and O–H groups in total. The maximum atomic E-state index is 12.2. The van der Waals surface area contributed by atoms with Crippen molar-refractivity contribution in [3.63, 3.8) is 0 Å².